The second-order valence-electron chi connectivity index (χ2n) is 1.31. The third-order valence-corrected chi connectivity index (χ3v) is 0.757. The zero-order valence-electron chi connectivity index (χ0n) is 4.34. The van der Waals surface area contributed by atoms with Crippen LogP contribution in [0.5, 0.6) is 0 Å². The molecule has 0 radical (unpaired) electrons. The first-order valence-electron chi connectivity index (χ1n) is 2.08. The molecule has 0 bridgehead atoms. The van der Waals surface area contributed by atoms with Crippen LogP contribution in [0.15, 0.2) is 12.3 Å². The molecule has 0 aliphatic heterocycles. The summed E-state index contributed by atoms with van der Waals surface area (Å²) in [4.78, 5) is 0. The molecule has 1 heterocycles. The van der Waals surface area contributed by atoms with Gasteiger partial charge in [-0.1, -0.05) is 0 Å². The fraction of sp³-hybridized carbons (Fsp3) is 0.250. The van der Waals surface area contributed by atoms with E-state index >= 15 is 0 Å². The molecule has 1 rings (SSSR count). The first-order chi connectivity index (χ1) is 3.80. The molecule has 0 saturated heterocycles. The summed E-state index contributed by atoms with van der Waals surface area (Å²) >= 11 is 0. The van der Waals surface area contributed by atoms with E-state index in [0.29, 0.717) is 0 Å². The Labute approximate surface area is 56.7 Å². The molecule has 0 aliphatic rings. The Morgan fingerprint density at radius 1 is 1.56 bits per heavy atom. The summed E-state index contributed by atoms with van der Waals surface area (Å²) < 4.78 is 23.1. The minimum absolute atomic E-state index is 0. The van der Waals surface area contributed by atoms with Crippen molar-refractivity contribution in [3.63, 3.8) is 0 Å². The van der Waals surface area contributed by atoms with E-state index in [4.69, 9.17) is 0 Å². The molecule has 0 saturated carbocycles. The Morgan fingerprint density at radius 2 is 2.22 bits per heavy atom. The Hall–Kier alpha value is -0.640. The molecule has 0 aromatic carbocycles. The van der Waals surface area contributed by atoms with Crippen molar-refractivity contribution in [3.05, 3.63) is 18.0 Å². The van der Waals surface area contributed by atoms with Crippen molar-refractivity contribution in [1.82, 2.24) is 10.2 Å². The maximum Gasteiger partial charge on any atom is 0.279 e. The SMILES string of the molecule is Cl.FC(F)c1ccn[nH]1. The second-order valence-corrected chi connectivity index (χ2v) is 1.31. The zero-order valence-corrected chi connectivity index (χ0v) is 5.16. The molecule has 0 atom stereocenters. The van der Waals surface area contributed by atoms with Gasteiger partial charge in [0.2, 0.25) is 0 Å². The van der Waals surface area contributed by atoms with Crippen LogP contribution in [0.1, 0.15) is 12.1 Å². The van der Waals surface area contributed by atoms with Crippen molar-refractivity contribution < 1.29 is 8.78 Å². The molecule has 1 aromatic heterocycles. The lowest BCUT2D eigenvalue weighted by Gasteiger charge is -1.87. The highest BCUT2D eigenvalue weighted by molar-refractivity contribution is 5.85. The summed E-state index contributed by atoms with van der Waals surface area (Å²) in [6.07, 6.45) is -1.14. The van der Waals surface area contributed by atoms with E-state index in [1.54, 1.807) is 0 Å². The maximum atomic E-state index is 11.5. The third kappa shape index (κ3) is 1.97. The van der Waals surface area contributed by atoms with Gasteiger partial charge < -0.3 is 0 Å². The van der Waals surface area contributed by atoms with Gasteiger partial charge in [-0.2, -0.15) is 5.10 Å². The van der Waals surface area contributed by atoms with Crippen LogP contribution in [0.25, 0.3) is 0 Å². The van der Waals surface area contributed by atoms with Gasteiger partial charge in [0, 0.05) is 6.20 Å². The van der Waals surface area contributed by atoms with Gasteiger partial charge in [-0.25, -0.2) is 8.78 Å². The van der Waals surface area contributed by atoms with Crippen LogP contribution in [0.4, 0.5) is 8.78 Å². The van der Waals surface area contributed by atoms with Crippen LogP contribution >= 0.6 is 12.4 Å². The van der Waals surface area contributed by atoms with Crippen molar-refractivity contribution in [2.45, 2.75) is 6.43 Å². The monoisotopic (exact) mass is 154 g/mol. The summed E-state index contributed by atoms with van der Waals surface area (Å²) in [7, 11) is 0. The van der Waals surface area contributed by atoms with E-state index in [0.717, 1.165) is 0 Å². The lowest BCUT2D eigenvalue weighted by atomic mass is 10.5. The van der Waals surface area contributed by atoms with Gasteiger partial charge in [-0.15, -0.1) is 12.4 Å². The topological polar surface area (TPSA) is 28.7 Å². The van der Waals surface area contributed by atoms with Gasteiger partial charge in [0.15, 0.2) is 0 Å². The van der Waals surface area contributed by atoms with Gasteiger partial charge in [-0.05, 0) is 6.07 Å². The van der Waals surface area contributed by atoms with Crippen molar-refractivity contribution in [3.8, 4) is 0 Å². The van der Waals surface area contributed by atoms with Gasteiger partial charge in [0.1, 0.15) is 5.69 Å². The molecule has 5 heteroatoms. The second kappa shape index (κ2) is 3.40. The van der Waals surface area contributed by atoms with Crippen LogP contribution in [-0.4, -0.2) is 10.2 Å². The summed E-state index contributed by atoms with van der Waals surface area (Å²) in [6.45, 7) is 0. The van der Waals surface area contributed by atoms with Gasteiger partial charge in [0.25, 0.3) is 6.43 Å². The first kappa shape index (κ1) is 8.36. The van der Waals surface area contributed by atoms with Gasteiger partial charge >= 0.3 is 0 Å². The van der Waals surface area contributed by atoms with Crippen LogP contribution in [0.2, 0.25) is 0 Å². The number of hydrogen-bond acceptors (Lipinski definition) is 1. The lowest BCUT2D eigenvalue weighted by molar-refractivity contribution is 0.146. The molecule has 0 amide bonds. The summed E-state index contributed by atoms with van der Waals surface area (Å²) in [5.74, 6) is 0. The highest BCUT2D eigenvalue weighted by atomic mass is 35.5. The van der Waals surface area contributed by atoms with Gasteiger partial charge in [0.05, 0.1) is 0 Å². The van der Waals surface area contributed by atoms with Crippen molar-refractivity contribution >= 4 is 12.4 Å². The van der Waals surface area contributed by atoms with Crippen molar-refractivity contribution in [2.75, 3.05) is 0 Å². The quantitative estimate of drug-likeness (QED) is 0.656. The van der Waals surface area contributed by atoms with E-state index in [-0.39, 0.29) is 18.1 Å². The number of nitrogens with zero attached hydrogens (tertiary/aromatic N) is 1. The largest absolute Gasteiger partial charge is 0.279 e. The molecule has 0 fully saturated rings. The van der Waals surface area contributed by atoms with Gasteiger partial charge in [-0.3, -0.25) is 5.10 Å². The Balaban J connectivity index is 0.000000640. The standard InChI is InChI=1S/C4H4F2N2.ClH/c5-4(6)3-1-2-7-8-3;/h1-2,4H,(H,7,8);1H. The van der Waals surface area contributed by atoms with E-state index in [2.05, 4.69) is 10.2 Å². The number of alkyl halides is 2. The van der Waals surface area contributed by atoms with Crippen molar-refractivity contribution in [1.29, 1.82) is 0 Å². The smallest absolute Gasteiger partial charge is 0.277 e. The predicted molar refractivity (Wildman–Crippen MR) is 30.8 cm³/mol. The van der Waals surface area contributed by atoms with E-state index < -0.39 is 6.43 Å². The number of H-pyrrole nitrogens is 1. The van der Waals surface area contributed by atoms with Crippen LogP contribution in [-0.2, 0) is 0 Å². The molecule has 1 N–H and O–H groups in total. The molecule has 0 spiro atoms. The molecule has 1 aromatic rings. The number of aromatic amines is 1. The summed E-state index contributed by atoms with van der Waals surface area (Å²) in [6, 6.07) is 1.24. The molecular formula is C4H5ClF2N2. The Kier molecular flexibility index (Phi) is 3.16. The normalized spacial score (nSPS) is 9.22. The molecule has 2 nitrogen and oxygen atoms in total. The summed E-state index contributed by atoms with van der Waals surface area (Å²) in [5, 5.41) is 5.48. The number of halogens is 3. The molecule has 0 unspecified atom stereocenters. The number of rotatable bonds is 1. The van der Waals surface area contributed by atoms with E-state index in [9.17, 15) is 8.78 Å². The number of hydrogen-bond donors (Lipinski definition) is 1. The zero-order chi connectivity index (χ0) is 5.98. The Bertz CT molecular complexity index is 152. The molecular weight excluding hydrogens is 150 g/mol. The Morgan fingerprint density at radius 3 is 2.44 bits per heavy atom. The minimum atomic E-state index is -2.43. The maximum absolute atomic E-state index is 11.5. The molecule has 52 valence electrons. The first-order valence-corrected chi connectivity index (χ1v) is 2.08. The van der Waals surface area contributed by atoms with Crippen LogP contribution in [0.3, 0.4) is 0 Å². The number of aromatic nitrogens is 2. The fourth-order valence-electron chi connectivity index (χ4n) is 0.388. The summed E-state index contributed by atoms with van der Waals surface area (Å²) in [5.41, 5.74) is -0.134. The minimum Gasteiger partial charge on any atom is -0.277 e. The third-order valence-electron chi connectivity index (χ3n) is 0.757. The predicted octanol–water partition coefficient (Wildman–Crippen LogP) is 1.77. The average molecular weight is 155 g/mol. The van der Waals surface area contributed by atoms with E-state index in [1.807, 2.05) is 0 Å². The lowest BCUT2D eigenvalue weighted by Crippen LogP contribution is -1.81. The highest BCUT2D eigenvalue weighted by Gasteiger charge is 2.05. The number of nitrogens with one attached hydrogen (secondary N) is 1. The van der Waals surface area contributed by atoms with Crippen molar-refractivity contribution in [2.24, 2.45) is 0 Å². The fourth-order valence-corrected chi connectivity index (χ4v) is 0.388. The van der Waals surface area contributed by atoms with Crippen LogP contribution < -0.4 is 0 Å². The van der Waals surface area contributed by atoms with Crippen LogP contribution in [0, 0.1) is 0 Å². The molecule has 0 aliphatic carbocycles. The van der Waals surface area contributed by atoms with E-state index in [1.165, 1.54) is 12.3 Å². The molecule has 9 heavy (non-hydrogen) atoms. The highest BCUT2D eigenvalue weighted by Crippen LogP contribution is 2.13. The average Bonchev–Trinajstić information content (AvgIpc) is 2.12.